The van der Waals surface area contributed by atoms with Gasteiger partial charge in [0.2, 0.25) is 0 Å². The van der Waals surface area contributed by atoms with E-state index < -0.39 is 17.8 Å². The zero-order valence-electron chi connectivity index (χ0n) is 15.2. The standard InChI is InChI=1S/C21H17FO4S2/c1-3-26-21(25)19-17(13-6-10-15(27-2)11-7-13)16(18(28-19)20(23)24)12-4-8-14(22)9-5-12/h4-11H,3H2,1-2H3,(H,23,24). The number of thiophene rings is 1. The fourth-order valence-electron chi connectivity index (χ4n) is 2.85. The van der Waals surface area contributed by atoms with E-state index in [9.17, 15) is 19.1 Å². The Bertz CT molecular complexity index is 1010. The molecule has 0 bridgehead atoms. The summed E-state index contributed by atoms with van der Waals surface area (Å²) in [7, 11) is 0. The number of rotatable bonds is 6. The summed E-state index contributed by atoms with van der Waals surface area (Å²) in [4.78, 5) is 25.8. The Morgan fingerprint density at radius 2 is 1.54 bits per heavy atom. The van der Waals surface area contributed by atoms with Crippen molar-refractivity contribution >= 4 is 35.0 Å². The molecule has 3 aromatic rings. The first-order valence-corrected chi connectivity index (χ1v) is 10.5. The van der Waals surface area contributed by atoms with E-state index in [-0.39, 0.29) is 16.4 Å². The van der Waals surface area contributed by atoms with Crippen molar-refractivity contribution in [2.75, 3.05) is 12.9 Å². The number of hydrogen-bond donors (Lipinski definition) is 1. The van der Waals surface area contributed by atoms with Gasteiger partial charge in [0.25, 0.3) is 0 Å². The van der Waals surface area contributed by atoms with Crippen LogP contribution in [0.3, 0.4) is 0 Å². The molecule has 0 saturated heterocycles. The summed E-state index contributed by atoms with van der Waals surface area (Å²) < 4.78 is 18.6. The Hall–Kier alpha value is -2.64. The quantitative estimate of drug-likeness (QED) is 0.405. The van der Waals surface area contributed by atoms with Crippen LogP contribution in [0.25, 0.3) is 22.3 Å². The van der Waals surface area contributed by atoms with Crippen LogP contribution < -0.4 is 0 Å². The SMILES string of the molecule is CCOC(=O)c1sc(C(=O)O)c(-c2ccc(F)cc2)c1-c1ccc(SC)cc1. The molecule has 28 heavy (non-hydrogen) atoms. The molecule has 1 heterocycles. The molecule has 0 radical (unpaired) electrons. The third-order valence-electron chi connectivity index (χ3n) is 4.07. The summed E-state index contributed by atoms with van der Waals surface area (Å²) in [6, 6.07) is 13.1. The van der Waals surface area contributed by atoms with Crippen molar-refractivity contribution in [1.82, 2.24) is 0 Å². The molecule has 1 aromatic heterocycles. The molecule has 144 valence electrons. The highest BCUT2D eigenvalue weighted by molar-refractivity contribution is 7.98. The van der Waals surface area contributed by atoms with Crippen LogP contribution in [0, 0.1) is 5.82 Å². The van der Waals surface area contributed by atoms with Gasteiger partial charge in [0, 0.05) is 16.0 Å². The molecule has 3 rings (SSSR count). The van der Waals surface area contributed by atoms with Gasteiger partial charge in [-0.2, -0.15) is 0 Å². The van der Waals surface area contributed by atoms with Crippen molar-refractivity contribution in [3.8, 4) is 22.3 Å². The van der Waals surface area contributed by atoms with Gasteiger partial charge in [-0.25, -0.2) is 14.0 Å². The minimum absolute atomic E-state index is 0.0126. The first kappa shape index (κ1) is 20.1. The second kappa shape index (κ2) is 8.58. The van der Waals surface area contributed by atoms with Gasteiger partial charge >= 0.3 is 11.9 Å². The molecule has 0 atom stereocenters. The van der Waals surface area contributed by atoms with Crippen LogP contribution >= 0.6 is 23.1 Å². The van der Waals surface area contributed by atoms with Crippen molar-refractivity contribution in [2.24, 2.45) is 0 Å². The van der Waals surface area contributed by atoms with Gasteiger partial charge in [-0.15, -0.1) is 23.1 Å². The predicted molar refractivity (Wildman–Crippen MR) is 110 cm³/mol. The monoisotopic (exact) mass is 416 g/mol. The van der Waals surface area contributed by atoms with Crippen LogP contribution in [0.15, 0.2) is 53.4 Å². The Morgan fingerprint density at radius 3 is 2.04 bits per heavy atom. The topological polar surface area (TPSA) is 63.6 Å². The summed E-state index contributed by atoms with van der Waals surface area (Å²) >= 11 is 2.45. The highest BCUT2D eigenvalue weighted by Gasteiger charge is 2.28. The smallest absolute Gasteiger partial charge is 0.348 e. The number of esters is 1. The molecule has 4 nitrogen and oxygen atoms in total. The zero-order chi connectivity index (χ0) is 20.3. The molecule has 0 aliphatic heterocycles. The summed E-state index contributed by atoms with van der Waals surface area (Å²) in [5.74, 6) is -2.15. The molecule has 0 unspecified atom stereocenters. The highest BCUT2D eigenvalue weighted by atomic mass is 32.2. The van der Waals surface area contributed by atoms with E-state index in [2.05, 4.69) is 0 Å². The maximum atomic E-state index is 13.4. The third-order valence-corrected chi connectivity index (χ3v) is 5.98. The highest BCUT2D eigenvalue weighted by Crippen LogP contribution is 2.44. The van der Waals surface area contributed by atoms with E-state index in [4.69, 9.17) is 4.74 Å². The number of thioether (sulfide) groups is 1. The van der Waals surface area contributed by atoms with Crippen molar-refractivity contribution in [1.29, 1.82) is 0 Å². The molecular formula is C21H17FO4S2. The number of aromatic carboxylic acids is 1. The average molecular weight is 416 g/mol. The normalized spacial score (nSPS) is 10.7. The molecule has 2 aromatic carbocycles. The molecule has 0 aliphatic rings. The molecule has 0 amide bonds. The Labute approximate surface area is 170 Å². The second-order valence-electron chi connectivity index (χ2n) is 5.77. The van der Waals surface area contributed by atoms with Crippen LogP contribution in [-0.2, 0) is 4.74 Å². The van der Waals surface area contributed by atoms with Crippen LogP contribution in [0.5, 0.6) is 0 Å². The Balaban J connectivity index is 2.32. The van der Waals surface area contributed by atoms with Crippen molar-refractivity contribution < 1.29 is 23.8 Å². The van der Waals surface area contributed by atoms with E-state index in [0.29, 0.717) is 22.3 Å². The Morgan fingerprint density at radius 1 is 1.00 bits per heavy atom. The minimum Gasteiger partial charge on any atom is -0.477 e. The summed E-state index contributed by atoms with van der Waals surface area (Å²) in [6.07, 6.45) is 1.95. The lowest BCUT2D eigenvalue weighted by atomic mass is 9.94. The van der Waals surface area contributed by atoms with Crippen LogP contribution in [0.1, 0.15) is 26.3 Å². The maximum absolute atomic E-state index is 13.4. The largest absolute Gasteiger partial charge is 0.477 e. The molecular weight excluding hydrogens is 399 g/mol. The molecule has 0 saturated carbocycles. The number of benzene rings is 2. The van der Waals surface area contributed by atoms with Gasteiger partial charge < -0.3 is 9.84 Å². The summed E-state index contributed by atoms with van der Waals surface area (Å²) in [6.45, 7) is 1.87. The summed E-state index contributed by atoms with van der Waals surface area (Å²) in [5, 5.41) is 9.74. The number of hydrogen-bond acceptors (Lipinski definition) is 5. The van der Waals surface area contributed by atoms with E-state index in [1.54, 1.807) is 18.7 Å². The number of carboxylic acid groups (broad SMARTS) is 1. The van der Waals surface area contributed by atoms with Gasteiger partial charge in [-0.3, -0.25) is 0 Å². The number of halogens is 1. The van der Waals surface area contributed by atoms with Crippen LogP contribution in [0.4, 0.5) is 4.39 Å². The number of carbonyl (C=O) groups excluding carboxylic acids is 1. The molecule has 0 fully saturated rings. The van der Waals surface area contributed by atoms with Gasteiger partial charge in [0.15, 0.2) is 0 Å². The van der Waals surface area contributed by atoms with Crippen LogP contribution in [-0.4, -0.2) is 29.9 Å². The maximum Gasteiger partial charge on any atom is 0.348 e. The minimum atomic E-state index is -1.15. The van der Waals surface area contributed by atoms with Gasteiger partial charge in [-0.05, 0) is 48.6 Å². The average Bonchev–Trinajstić information content (AvgIpc) is 3.10. The molecule has 0 aliphatic carbocycles. The lowest BCUT2D eigenvalue weighted by molar-refractivity contribution is 0.0532. The van der Waals surface area contributed by atoms with E-state index in [0.717, 1.165) is 16.2 Å². The van der Waals surface area contributed by atoms with Gasteiger partial charge in [0.1, 0.15) is 15.6 Å². The van der Waals surface area contributed by atoms with Crippen molar-refractivity contribution in [3.63, 3.8) is 0 Å². The molecule has 1 N–H and O–H groups in total. The molecule has 7 heteroatoms. The van der Waals surface area contributed by atoms with Gasteiger partial charge in [-0.1, -0.05) is 24.3 Å². The van der Waals surface area contributed by atoms with Crippen LogP contribution in [0.2, 0.25) is 0 Å². The lowest BCUT2D eigenvalue weighted by Crippen LogP contribution is -2.04. The van der Waals surface area contributed by atoms with Crippen molar-refractivity contribution in [2.45, 2.75) is 11.8 Å². The van der Waals surface area contributed by atoms with E-state index in [1.807, 2.05) is 30.5 Å². The lowest BCUT2D eigenvalue weighted by Gasteiger charge is -2.10. The fourth-order valence-corrected chi connectivity index (χ4v) is 4.33. The Kier molecular flexibility index (Phi) is 6.16. The number of carboxylic acids is 1. The molecule has 0 spiro atoms. The van der Waals surface area contributed by atoms with E-state index >= 15 is 0 Å². The second-order valence-corrected chi connectivity index (χ2v) is 7.67. The fraction of sp³-hybridized carbons (Fsp3) is 0.143. The predicted octanol–water partition coefficient (Wildman–Crippen LogP) is 5.82. The number of ether oxygens (including phenoxy) is 1. The first-order chi connectivity index (χ1) is 13.5. The van der Waals surface area contributed by atoms with Gasteiger partial charge in [0.05, 0.1) is 6.61 Å². The summed E-state index contributed by atoms with van der Waals surface area (Å²) in [5.41, 5.74) is 2.09. The third kappa shape index (κ3) is 3.95. The zero-order valence-corrected chi connectivity index (χ0v) is 16.8. The number of carbonyl (C=O) groups is 2. The van der Waals surface area contributed by atoms with E-state index in [1.165, 1.54) is 24.3 Å². The van der Waals surface area contributed by atoms with Crippen molar-refractivity contribution in [3.05, 3.63) is 64.1 Å². The first-order valence-electron chi connectivity index (χ1n) is 8.43.